The zero-order chi connectivity index (χ0) is 12.9. The predicted molar refractivity (Wildman–Crippen MR) is 71.9 cm³/mol. The number of halogens is 2. The summed E-state index contributed by atoms with van der Waals surface area (Å²) in [5, 5.41) is 3.92. The van der Waals surface area contributed by atoms with E-state index < -0.39 is 0 Å². The topological polar surface area (TPSA) is 12.0 Å². The summed E-state index contributed by atoms with van der Waals surface area (Å²) in [6.07, 6.45) is 3.15. The Morgan fingerprint density at radius 1 is 1.18 bits per heavy atom. The van der Waals surface area contributed by atoms with Crippen molar-refractivity contribution in [2.75, 3.05) is 0 Å². The fourth-order valence-corrected chi connectivity index (χ4v) is 2.23. The molecule has 0 radical (unpaired) electrons. The summed E-state index contributed by atoms with van der Waals surface area (Å²) in [5.41, 5.74) is 0.792. The maximum atomic E-state index is 13.6. The number of hydrogen-bond donors (Lipinski definition) is 1. The highest BCUT2D eigenvalue weighted by molar-refractivity contribution is 6.30. The van der Waals surface area contributed by atoms with E-state index in [4.69, 9.17) is 11.6 Å². The Labute approximate surface area is 108 Å². The zero-order valence-corrected chi connectivity index (χ0v) is 11.6. The molecule has 1 aromatic rings. The fourth-order valence-electron chi connectivity index (χ4n) is 2.07. The summed E-state index contributed by atoms with van der Waals surface area (Å²) in [6, 6.07) is 4.84. The van der Waals surface area contributed by atoms with Crippen LogP contribution in [0.15, 0.2) is 18.2 Å². The normalized spacial score (nSPS) is 11.8. The second-order valence-electron chi connectivity index (χ2n) is 4.43. The maximum absolute atomic E-state index is 13.6. The van der Waals surface area contributed by atoms with E-state index in [1.165, 1.54) is 6.07 Å². The molecule has 1 nitrogen and oxygen atoms in total. The molecule has 0 atom stereocenters. The molecule has 0 amide bonds. The van der Waals surface area contributed by atoms with Gasteiger partial charge in [0.1, 0.15) is 5.82 Å². The molecule has 1 aromatic carbocycles. The monoisotopic (exact) mass is 257 g/mol. The van der Waals surface area contributed by atoms with Crippen molar-refractivity contribution in [3.05, 3.63) is 34.6 Å². The Morgan fingerprint density at radius 2 is 1.76 bits per heavy atom. The Morgan fingerprint density at radius 3 is 2.24 bits per heavy atom. The van der Waals surface area contributed by atoms with E-state index in [2.05, 4.69) is 26.1 Å². The lowest BCUT2D eigenvalue weighted by molar-refractivity contribution is 0.286. The van der Waals surface area contributed by atoms with Gasteiger partial charge in [0.15, 0.2) is 0 Å². The lowest BCUT2D eigenvalue weighted by atomic mass is 9.89. The van der Waals surface area contributed by atoms with E-state index in [1.54, 1.807) is 12.1 Å². The van der Waals surface area contributed by atoms with Crippen molar-refractivity contribution in [2.45, 2.75) is 52.1 Å². The third kappa shape index (κ3) is 3.68. The highest BCUT2D eigenvalue weighted by atomic mass is 35.5. The van der Waals surface area contributed by atoms with Crippen molar-refractivity contribution in [3.63, 3.8) is 0 Å². The standard InChI is InChI=1S/C14H21ClFN/c1-4-14(5-2,6-3)17-10-11-7-8-12(15)9-13(11)16/h7-9,17H,4-6,10H2,1-3H3. The zero-order valence-electron chi connectivity index (χ0n) is 10.8. The first kappa shape index (κ1) is 14.5. The average Bonchev–Trinajstić information content (AvgIpc) is 2.33. The molecular weight excluding hydrogens is 237 g/mol. The molecule has 1 rings (SSSR count). The van der Waals surface area contributed by atoms with Gasteiger partial charge in [-0.3, -0.25) is 0 Å². The largest absolute Gasteiger partial charge is 0.307 e. The number of nitrogens with one attached hydrogen (secondary N) is 1. The van der Waals surface area contributed by atoms with Gasteiger partial charge >= 0.3 is 0 Å². The molecule has 0 aromatic heterocycles. The third-order valence-corrected chi connectivity index (χ3v) is 3.93. The molecule has 3 heteroatoms. The smallest absolute Gasteiger partial charge is 0.129 e. The van der Waals surface area contributed by atoms with Crippen LogP contribution in [-0.2, 0) is 6.54 Å². The van der Waals surface area contributed by atoms with E-state index in [0.717, 1.165) is 19.3 Å². The van der Waals surface area contributed by atoms with Gasteiger partial charge in [-0.05, 0) is 31.4 Å². The minimum atomic E-state index is -0.234. The van der Waals surface area contributed by atoms with E-state index in [1.807, 2.05) is 0 Å². The summed E-state index contributed by atoms with van der Waals surface area (Å²) >= 11 is 5.73. The summed E-state index contributed by atoms with van der Waals surface area (Å²) in [6.45, 7) is 7.05. The van der Waals surface area contributed by atoms with E-state index in [0.29, 0.717) is 17.1 Å². The molecule has 0 saturated carbocycles. The van der Waals surface area contributed by atoms with Crippen molar-refractivity contribution >= 4 is 11.6 Å². The maximum Gasteiger partial charge on any atom is 0.129 e. The van der Waals surface area contributed by atoms with Crippen LogP contribution in [0.25, 0.3) is 0 Å². The lowest BCUT2D eigenvalue weighted by Crippen LogP contribution is -2.43. The fraction of sp³-hybridized carbons (Fsp3) is 0.571. The van der Waals surface area contributed by atoms with Crippen LogP contribution in [-0.4, -0.2) is 5.54 Å². The summed E-state index contributed by atoms with van der Waals surface area (Å²) in [4.78, 5) is 0. The highest BCUT2D eigenvalue weighted by Gasteiger charge is 2.22. The molecule has 0 heterocycles. The van der Waals surface area contributed by atoms with Crippen molar-refractivity contribution in [3.8, 4) is 0 Å². The highest BCUT2D eigenvalue weighted by Crippen LogP contribution is 2.21. The van der Waals surface area contributed by atoms with Crippen molar-refractivity contribution in [1.29, 1.82) is 0 Å². The first-order valence-corrected chi connectivity index (χ1v) is 6.63. The second kappa shape index (κ2) is 6.36. The van der Waals surface area contributed by atoms with Gasteiger partial charge in [0.25, 0.3) is 0 Å². The SMILES string of the molecule is CCC(CC)(CC)NCc1ccc(Cl)cc1F. The summed E-state index contributed by atoms with van der Waals surface area (Å²) in [5.74, 6) is -0.234. The summed E-state index contributed by atoms with van der Waals surface area (Å²) < 4.78 is 13.6. The molecule has 0 bridgehead atoms. The Balaban J connectivity index is 2.72. The second-order valence-corrected chi connectivity index (χ2v) is 4.87. The van der Waals surface area contributed by atoms with Crippen molar-refractivity contribution in [1.82, 2.24) is 5.32 Å². The molecule has 1 N–H and O–H groups in total. The van der Waals surface area contributed by atoms with Crippen LogP contribution >= 0.6 is 11.6 Å². The van der Waals surface area contributed by atoms with Crippen LogP contribution in [0.5, 0.6) is 0 Å². The average molecular weight is 258 g/mol. The molecule has 17 heavy (non-hydrogen) atoms. The molecule has 0 spiro atoms. The lowest BCUT2D eigenvalue weighted by Gasteiger charge is -2.32. The van der Waals surface area contributed by atoms with Gasteiger partial charge in [-0.25, -0.2) is 4.39 Å². The molecule has 0 aliphatic heterocycles. The van der Waals surface area contributed by atoms with Crippen LogP contribution in [0, 0.1) is 5.82 Å². The third-order valence-electron chi connectivity index (χ3n) is 3.70. The minimum Gasteiger partial charge on any atom is -0.307 e. The van der Waals surface area contributed by atoms with Crippen molar-refractivity contribution < 1.29 is 4.39 Å². The summed E-state index contributed by atoms with van der Waals surface area (Å²) in [7, 11) is 0. The molecular formula is C14H21ClFN. The van der Waals surface area contributed by atoms with Gasteiger partial charge < -0.3 is 5.32 Å². The molecule has 0 fully saturated rings. The van der Waals surface area contributed by atoms with Crippen LogP contribution in [0.3, 0.4) is 0 Å². The quantitative estimate of drug-likeness (QED) is 0.789. The molecule has 0 unspecified atom stereocenters. The first-order chi connectivity index (χ1) is 8.06. The first-order valence-electron chi connectivity index (χ1n) is 6.26. The molecule has 0 saturated heterocycles. The Bertz CT molecular complexity index is 353. The molecule has 0 aliphatic carbocycles. The Kier molecular flexibility index (Phi) is 5.41. The minimum absolute atomic E-state index is 0.117. The predicted octanol–water partition coefficient (Wildman–Crippen LogP) is 4.54. The van der Waals surface area contributed by atoms with Gasteiger partial charge in [-0.2, -0.15) is 0 Å². The van der Waals surface area contributed by atoms with E-state index in [9.17, 15) is 4.39 Å². The number of hydrogen-bond acceptors (Lipinski definition) is 1. The molecule has 96 valence electrons. The van der Waals surface area contributed by atoms with Gasteiger partial charge in [-0.15, -0.1) is 0 Å². The van der Waals surface area contributed by atoms with Crippen LogP contribution in [0.4, 0.5) is 4.39 Å². The van der Waals surface area contributed by atoms with Gasteiger partial charge in [0.2, 0.25) is 0 Å². The molecule has 0 aliphatic rings. The van der Waals surface area contributed by atoms with Gasteiger partial charge in [0.05, 0.1) is 0 Å². The van der Waals surface area contributed by atoms with Gasteiger partial charge in [-0.1, -0.05) is 38.4 Å². The van der Waals surface area contributed by atoms with Crippen molar-refractivity contribution in [2.24, 2.45) is 0 Å². The number of benzene rings is 1. The van der Waals surface area contributed by atoms with E-state index in [-0.39, 0.29) is 11.4 Å². The Hall–Kier alpha value is -0.600. The van der Waals surface area contributed by atoms with Crippen LogP contribution in [0.1, 0.15) is 45.6 Å². The number of rotatable bonds is 6. The van der Waals surface area contributed by atoms with Crippen LogP contribution in [0.2, 0.25) is 5.02 Å². The van der Waals surface area contributed by atoms with E-state index >= 15 is 0 Å². The van der Waals surface area contributed by atoms with Gasteiger partial charge in [0, 0.05) is 22.7 Å². The van der Waals surface area contributed by atoms with Crippen LogP contribution < -0.4 is 5.32 Å².